The Balaban J connectivity index is 1.41. The van der Waals surface area contributed by atoms with E-state index in [2.05, 4.69) is 49.9 Å². The van der Waals surface area contributed by atoms with Gasteiger partial charge in [0.2, 0.25) is 0 Å². The molecule has 2 atom stereocenters. The fourth-order valence-corrected chi connectivity index (χ4v) is 5.64. The van der Waals surface area contributed by atoms with E-state index in [1.807, 2.05) is 18.4 Å². The molecule has 3 heterocycles. The molecule has 152 valence electrons. The quantitative estimate of drug-likeness (QED) is 0.500. The van der Waals surface area contributed by atoms with E-state index in [1.165, 1.54) is 11.3 Å². The van der Waals surface area contributed by atoms with Crippen molar-refractivity contribution in [1.82, 2.24) is 19.7 Å². The standard InChI is InChI=1S/C22H25Cl2N5/c1-28-12-16-11-17(23)8-9-19(16)29-20(13-28)26-27-22(29)15-6-4-14(5-7-15)18-3-2-10-25-21(18)24/h2-3,8-11,14-15,18,21H,4-7,12-13H2,1H3. The third-order valence-corrected chi connectivity index (χ3v) is 7.17. The molecule has 5 nitrogen and oxygen atoms in total. The summed E-state index contributed by atoms with van der Waals surface area (Å²) in [7, 11) is 2.11. The van der Waals surface area contributed by atoms with E-state index in [-0.39, 0.29) is 5.50 Å². The van der Waals surface area contributed by atoms with Gasteiger partial charge in [-0.15, -0.1) is 10.2 Å². The van der Waals surface area contributed by atoms with Crippen molar-refractivity contribution in [3.63, 3.8) is 0 Å². The van der Waals surface area contributed by atoms with Gasteiger partial charge in [0, 0.05) is 29.6 Å². The van der Waals surface area contributed by atoms with Gasteiger partial charge in [-0.1, -0.05) is 29.3 Å². The Kier molecular flexibility index (Phi) is 5.23. The molecule has 3 aliphatic rings. The van der Waals surface area contributed by atoms with Crippen LogP contribution in [-0.4, -0.2) is 38.4 Å². The van der Waals surface area contributed by atoms with Crippen LogP contribution in [0.25, 0.3) is 5.69 Å². The number of hydrogen-bond donors (Lipinski definition) is 0. The van der Waals surface area contributed by atoms with Crippen molar-refractivity contribution in [1.29, 1.82) is 0 Å². The van der Waals surface area contributed by atoms with E-state index in [1.54, 1.807) is 0 Å². The maximum atomic E-state index is 6.46. The fraction of sp³-hybridized carbons (Fsp3) is 0.500. The van der Waals surface area contributed by atoms with E-state index in [0.717, 1.165) is 55.4 Å². The van der Waals surface area contributed by atoms with E-state index in [4.69, 9.17) is 23.2 Å². The summed E-state index contributed by atoms with van der Waals surface area (Å²) < 4.78 is 2.29. The zero-order valence-electron chi connectivity index (χ0n) is 16.5. The number of nitrogens with zero attached hydrogens (tertiary/aromatic N) is 5. The first-order chi connectivity index (χ1) is 14.1. The van der Waals surface area contributed by atoms with Gasteiger partial charge in [0.05, 0.1) is 12.2 Å². The number of halogens is 2. The second kappa shape index (κ2) is 7.86. The number of alkyl halides is 1. The molecule has 0 bridgehead atoms. The van der Waals surface area contributed by atoms with Gasteiger partial charge in [0.25, 0.3) is 0 Å². The number of fused-ring (bicyclic) bond motifs is 3. The molecule has 0 radical (unpaired) electrons. The highest BCUT2D eigenvalue weighted by Gasteiger charge is 2.34. The second-order valence-electron chi connectivity index (χ2n) is 8.50. The van der Waals surface area contributed by atoms with Crippen LogP contribution in [0.15, 0.2) is 35.3 Å². The van der Waals surface area contributed by atoms with Crippen LogP contribution in [0, 0.1) is 11.8 Å². The molecule has 1 saturated carbocycles. The molecule has 0 amide bonds. The van der Waals surface area contributed by atoms with Crippen LogP contribution in [0.5, 0.6) is 0 Å². The second-order valence-corrected chi connectivity index (χ2v) is 9.38. The number of rotatable bonds is 2. The fourth-order valence-electron chi connectivity index (χ4n) is 5.09. The molecule has 1 aromatic carbocycles. The van der Waals surface area contributed by atoms with Gasteiger partial charge < -0.3 is 0 Å². The number of dihydropyridines is 1. The lowest BCUT2D eigenvalue weighted by atomic mass is 9.75. The topological polar surface area (TPSA) is 46.3 Å². The molecule has 0 spiro atoms. The largest absolute Gasteiger partial charge is 0.295 e. The summed E-state index contributed by atoms with van der Waals surface area (Å²) in [4.78, 5) is 6.64. The molecule has 1 aliphatic carbocycles. The maximum absolute atomic E-state index is 6.46. The van der Waals surface area contributed by atoms with Crippen molar-refractivity contribution in [2.75, 3.05) is 7.05 Å². The molecule has 29 heavy (non-hydrogen) atoms. The number of allylic oxidation sites excluding steroid dienone is 1. The predicted octanol–water partition coefficient (Wildman–Crippen LogP) is 4.96. The van der Waals surface area contributed by atoms with Gasteiger partial charge in [-0.3, -0.25) is 14.5 Å². The first-order valence-corrected chi connectivity index (χ1v) is 11.2. The van der Waals surface area contributed by atoms with Crippen molar-refractivity contribution in [3.8, 4) is 5.69 Å². The SMILES string of the molecule is CN1Cc2cc(Cl)ccc2-n2c(nnc2C2CCC(C3C=CC=NC3Cl)CC2)C1. The van der Waals surface area contributed by atoms with E-state index < -0.39 is 0 Å². The van der Waals surface area contributed by atoms with Crippen LogP contribution in [0.3, 0.4) is 0 Å². The number of hydrogen-bond acceptors (Lipinski definition) is 4. The lowest BCUT2D eigenvalue weighted by Gasteiger charge is -2.34. The van der Waals surface area contributed by atoms with Gasteiger partial charge in [0.15, 0.2) is 5.82 Å². The number of aliphatic imine (C=N–C) groups is 1. The summed E-state index contributed by atoms with van der Waals surface area (Å²) in [5.41, 5.74) is 2.27. The Hall–Kier alpha value is -1.69. The van der Waals surface area contributed by atoms with Crippen LogP contribution in [0.1, 0.15) is 48.8 Å². The molecule has 2 unspecified atom stereocenters. The van der Waals surface area contributed by atoms with Crippen LogP contribution in [0.2, 0.25) is 5.02 Å². The molecule has 0 N–H and O–H groups in total. The molecule has 0 saturated heterocycles. The maximum Gasteiger partial charge on any atom is 0.151 e. The Bertz CT molecular complexity index is 958. The molecule has 1 fully saturated rings. The summed E-state index contributed by atoms with van der Waals surface area (Å²) >= 11 is 12.7. The normalized spacial score (nSPS) is 29.3. The molecular formula is C22H25Cl2N5. The predicted molar refractivity (Wildman–Crippen MR) is 117 cm³/mol. The smallest absolute Gasteiger partial charge is 0.151 e. The lowest BCUT2D eigenvalue weighted by Crippen LogP contribution is -2.27. The summed E-state index contributed by atoms with van der Waals surface area (Å²) in [5, 5.41) is 10.0. The zero-order chi connectivity index (χ0) is 20.0. The molecule has 2 aliphatic heterocycles. The third-order valence-electron chi connectivity index (χ3n) is 6.54. The monoisotopic (exact) mass is 429 g/mol. The Labute approximate surface area is 181 Å². The summed E-state index contributed by atoms with van der Waals surface area (Å²) in [6.07, 6.45) is 10.6. The average molecular weight is 430 g/mol. The van der Waals surface area contributed by atoms with Crippen molar-refractivity contribution >= 4 is 29.4 Å². The van der Waals surface area contributed by atoms with E-state index in [0.29, 0.717) is 17.8 Å². The third kappa shape index (κ3) is 3.65. The average Bonchev–Trinajstić information content (AvgIpc) is 3.06. The van der Waals surface area contributed by atoms with Crippen LogP contribution in [0.4, 0.5) is 0 Å². The minimum absolute atomic E-state index is 0.127. The van der Waals surface area contributed by atoms with Gasteiger partial charge in [-0.05, 0) is 68.5 Å². The number of aromatic nitrogens is 3. The van der Waals surface area contributed by atoms with Crippen molar-refractivity contribution < 1.29 is 0 Å². The first kappa shape index (κ1) is 19.3. The molecule has 5 rings (SSSR count). The van der Waals surface area contributed by atoms with Gasteiger partial charge in [0.1, 0.15) is 11.3 Å². The number of benzene rings is 1. The van der Waals surface area contributed by atoms with Crippen LogP contribution >= 0.6 is 23.2 Å². The summed E-state index contributed by atoms with van der Waals surface area (Å²) in [6.45, 7) is 1.64. The van der Waals surface area contributed by atoms with E-state index in [9.17, 15) is 0 Å². The van der Waals surface area contributed by atoms with Crippen molar-refractivity contribution in [3.05, 3.63) is 52.6 Å². The lowest BCUT2D eigenvalue weighted by molar-refractivity contribution is 0.255. The van der Waals surface area contributed by atoms with Crippen LogP contribution < -0.4 is 0 Å². The van der Waals surface area contributed by atoms with Gasteiger partial charge in [-0.2, -0.15) is 0 Å². The van der Waals surface area contributed by atoms with Gasteiger partial charge in [-0.25, -0.2) is 0 Å². The minimum atomic E-state index is -0.127. The highest BCUT2D eigenvalue weighted by atomic mass is 35.5. The highest BCUT2D eigenvalue weighted by molar-refractivity contribution is 6.30. The Morgan fingerprint density at radius 3 is 2.69 bits per heavy atom. The molecule has 1 aromatic heterocycles. The van der Waals surface area contributed by atoms with Crippen molar-refractivity contribution in [2.45, 2.75) is 50.2 Å². The van der Waals surface area contributed by atoms with Crippen molar-refractivity contribution in [2.24, 2.45) is 16.8 Å². The molecule has 2 aromatic rings. The minimum Gasteiger partial charge on any atom is -0.295 e. The van der Waals surface area contributed by atoms with E-state index >= 15 is 0 Å². The Morgan fingerprint density at radius 1 is 1.07 bits per heavy atom. The first-order valence-electron chi connectivity index (χ1n) is 10.4. The van der Waals surface area contributed by atoms with Crippen LogP contribution in [-0.2, 0) is 13.1 Å². The molecule has 7 heteroatoms. The Morgan fingerprint density at radius 2 is 1.90 bits per heavy atom. The summed E-state index contributed by atoms with van der Waals surface area (Å²) in [6, 6.07) is 6.15. The highest BCUT2D eigenvalue weighted by Crippen LogP contribution is 2.42. The molecular weight excluding hydrogens is 405 g/mol. The summed E-state index contributed by atoms with van der Waals surface area (Å²) in [5.74, 6) is 3.46. The zero-order valence-corrected chi connectivity index (χ0v) is 18.0. The van der Waals surface area contributed by atoms with Gasteiger partial charge >= 0.3 is 0 Å².